The lowest BCUT2D eigenvalue weighted by atomic mass is 10.1. The number of rotatable bonds is 5. The van der Waals surface area contributed by atoms with E-state index < -0.39 is 0 Å². The Hall–Kier alpha value is -2.57. The fourth-order valence-corrected chi connectivity index (χ4v) is 2.25. The lowest BCUT2D eigenvalue weighted by molar-refractivity contribution is 0.124. The lowest BCUT2D eigenvalue weighted by Crippen LogP contribution is -2.58. The van der Waals surface area contributed by atoms with E-state index in [1.807, 2.05) is 12.1 Å². The molecule has 0 atom stereocenters. The van der Waals surface area contributed by atoms with E-state index in [9.17, 15) is 4.39 Å². The Kier molecular flexibility index (Phi) is 4.76. The summed E-state index contributed by atoms with van der Waals surface area (Å²) in [5.41, 5.74) is 1.11. The van der Waals surface area contributed by atoms with Crippen molar-refractivity contribution in [1.82, 2.24) is 15.5 Å². The molecular weight excluding hydrogens is 269 g/mol. The molecule has 1 aromatic rings. The van der Waals surface area contributed by atoms with Crippen molar-refractivity contribution in [2.75, 3.05) is 20.1 Å². The number of halogens is 1. The predicted molar refractivity (Wildman–Crippen MR) is 75.9 cm³/mol. The third-order valence-corrected chi connectivity index (χ3v) is 3.35. The van der Waals surface area contributed by atoms with Crippen LogP contribution in [0.1, 0.15) is 5.56 Å². The first-order valence-corrected chi connectivity index (χ1v) is 6.61. The van der Waals surface area contributed by atoms with Gasteiger partial charge in [-0.05, 0) is 17.7 Å². The highest BCUT2D eigenvalue weighted by Gasteiger charge is 2.27. The molecule has 108 valence electrons. The van der Waals surface area contributed by atoms with Gasteiger partial charge in [-0.25, -0.2) is 4.39 Å². The topological polar surface area (TPSA) is 74.9 Å². The summed E-state index contributed by atoms with van der Waals surface area (Å²) >= 11 is 0. The summed E-state index contributed by atoms with van der Waals surface area (Å²) in [5, 5.41) is 23.7. The van der Waals surface area contributed by atoms with Gasteiger partial charge in [-0.1, -0.05) is 12.1 Å². The van der Waals surface area contributed by atoms with Crippen molar-refractivity contribution in [3.05, 3.63) is 47.0 Å². The van der Waals surface area contributed by atoms with Gasteiger partial charge in [0.1, 0.15) is 23.8 Å². The number of hydrogen-bond acceptors (Lipinski definition) is 5. The van der Waals surface area contributed by atoms with Gasteiger partial charge in [-0.3, -0.25) is 4.90 Å². The first-order valence-electron chi connectivity index (χ1n) is 6.61. The molecule has 2 N–H and O–H groups in total. The maximum Gasteiger partial charge on any atom is 0.169 e. The molecule has 1 aliphatic rings. The molecule has 0 bridgehead atoms. The van der Waals surface area contributed by atoms with Crippen LogP contribution in [0.4, 0.5) is 4.39 Å². The van der Waals surface area contributed by atoms with E-state index in [1.54, 1.807) is 19.2 Å². The van der Waals surface area contributed by atoms with Gasteiger partial charge < -0.3 is 10.6 Å². The molecule has 0 amide bonds. The summed E-state index contributed by atoms with van der Waals surface area (Å²) in [6.07, 6.45) is 0. The van der Waals surface area contributed by atoms with Crippen LogP contribution < -0.4 is 10.6 Å². The van der Waals surface area contributed by atoms with Gasteiger partial charge in [0.2, 0.25) is 0 Å². The molecule has 0 radical (unpaired) electrons. The van der Waals surface area contributed by atoms with Gasteiger partial charge in [0, 0.05) is 26.7 Å². The van der Waals surface area contributed by atoms with Crippen molar-refractivity contribution in [3.8, 4) is 12.1 Å². The minimum absolute atomic E-state index is 0.0504. The molecule has 0 unspecified atom stereocenters. The van der Waals surface area contributed by atoms with Crippen molar-refractivity contribution in [1.29, 1.82) is 10.5 Å². The first-order chi connectivity index (χ1) is 10.2. The monoisotopic (exact) mass is 285 g/mol. The summed E-state index contributed by atoms with van der Waals surface area (Å²) in [7, 11) is 1.67. The number of nitrogens with zero attached hydrogens (tertiary/aromatic N) is 3. The zero-order chi connectivity index (χ0) is 15.2. The van der Waals surface area contributed by atoms with Gasteiger partial charge in [0.15, 0.2) is 5.57 Å². The number of allylic oxidation sites excluding steroid dienone is 1. The number of nitriles is 2. The zero-order valence-corrected chi connectivity index (χ0v) is 11.7. The molecule has 0 aliphatic carbocycles. The predicted octanol–water partition coefficient (Wildman–Crippen LogP) is 1.08. The average Bonchev–Trinajstić information content (AvgIpc) is 2.46. The maximum absolute atomic E-state index is 12.8. The molecule has 1 fully saturated rings. The van der Waals surface area contributed by atoms with Gasteiger partial charge >= 0.3 is 0 Å². The van der Waals surface area contributed by atoms with E-state index in [0.29, 0.717) is 5.82 Å². The second kappa shape index (κ2) is 6.74. The van der Waals surface area contributed by atoms with Crippen LogP contribution in [0.2, 0.25) is 0 Å². The molecule has 2 rings (SSSR count). The molecule has 0 saturated carbocycles. The van der Waals surface area contributed by atoms with Crippen LogP contribution in [0.5, 0.6) is 0 Å². The standard InChI is InChI=1S/C15H16FN5/c1-19-15(12(6-17)7-18)20-14-9-21(10-14)8-11-2-4-13(16)5-3-11/h2-5,14,19-20H,8-10H2,1H3. The molecule has 1 heterocycles. The van der Waals surface area contributed by atoms with E-state index in [2.05, 4.69) is 15.5 Å². The first kappa shape index (κ1) is 14.8. The van der Waals surface area contributed by atoms with Crippen LogP contribution in [0.3, 0.4) is 0 Å². The Morgan fingerprint density at radius 1 is 1.29 bits per heavy atom. The second-order valence-electron chi connectivity index (χ2n) is 4.89. The third-order valence-electron chi connectivity index (χ3n) is 3.35. The van der Waals surface area contributed by atoms with E-state index in [-0.39, 0.29) is 17.4 Å². The molecular formula is C15H16FN5. The largest absolute Gasteiger partial charge is 0.373 e. The van der Waals surface area contributed by atoms with Gasteiger partial charge in [0.05, 0.1) is 6.04 Å². The Labute approximate surface area is 123 Å². The summed E-state index contributed by atoms with van der Waals surface area (Å²) < 4.78 is 12.8. The molecule has 0 aromatic heterocycles. The van der Waals surface area contributed by atoms with E-state index in [0.717, 1.165) is 25.2 Å². The van der Waals surface area contributed by atoms with Crippen LogP contribution in [0, 0.1) is 28.5 Å². The van der Waals surface area contributed by atoms with Gasteiger partial charge in [-0.2, -0.15) is 10.5 Å². The normalized spacial score (nSPS) is 14.5. The van der Waals surface area contributed by atoms with E-state index >= 15 is 0 Å². The highest BCUT2D eigenvalue weighted by atomic mass is 19.1. The minimum Gasteiger partial charge on any atom is -0.373 e. The van der Waals surface area contributed by atoms with Gasteiger partial charge in [0.25, 0.3) is 0 Å². The van der Waals surface area contributed by atoms with E-state index in [1.165, 1.54) is 12.1 Å². The van der Waals surface area contributed by atoms with Crippen LogP contribution in [-0.2, 0) is 6.54 Å². The SMILES string of the molecule is CNC(NC1CN(Cc2ccc(F)cc2)C1)=C(C#N)C#N. The zero-order valence-electron chi connectivity index (χ0n) is 11.7. The molecule has 1 aromatic carbocycles. The fourth-order valence-electron chi connectivity index (χ4n) is 2.25. The van der Waals surface area contributed by atoms with Crippen molar-refractivity contribution in [3.63, 3.8) is 0 Å². The number of nitrogens with one attached hydrogen (secondary N) is 2. The Balaban J connectivity index is 1.84. The minimum atomic E-state index is -0.230. The Bertz CT molecular complexity index is 586. The second-order valence-corrected chi connectivity index (χ2v) is 4.89. The number of hydrogen-bond donors (Lipinski definition) is 2. The molecule has 1 aliphatic heterocycles. The highest BCUT2D eigenvalue weighted by Crippen LogP contribution is 2.14. The van der Waals surface area contributed by atoms with Crippen molar-refractivity contribution in [2.24, 2.45) is 0 Å². The van der Waals surface area contributed by atoms with Crippen LogP contribution in [0.25, 0.3) is 0 Å². The molecule has 1 saturated heterocycles. The van der Waals surface area contributed by atoms with Crippen molar-refractivity contribution in [2.45, 2.75) is 12.6 Å². The van der Waals surface area contributed by atoms with Gasteiger partial charge in [-0.15, -0.1) is 0 Å². The Morgan fingerprint density at radius 3 is 2.43 bits per heavy atom. The molecule has 21 heavy (non-hydrogen) atoms. The lowest BCUT2D eigenvalue weighted by Gasteiger charge is -2.40. The molecule has 6 heteroatoms. The average molecular weight is 285 g/mol. The van der Waals surface area contributed by atoms with Crippen molar-refractivity contribution >= 4 is 0 Å². The fraction of sp³-hybridized carbons (Fsp3) is 0.333. The molecule has 5 nitrogen and oxygen atoms in total. The van der Waals surface area contributed by atoms with E-state index in [4.69, 9.17) is 10.5 Å². The van der Waals surface area contributed by atoms with Crippen LogP contribution in [-0.4, -0.2) is 31.1 Å². The smallest absolute Gasteiger partial charge is 0.169 e. The number of likely N-dealkylation sites (tertiary alicyclic amines) is 1. The highest BCUT2D eigenvalue weighted by molar-refractivity contribution is 5.39. The quantitative estimate of drug-likeness (QED) is 0.792. The van der Waals surface area contributed by atoms with Crippen LogP contribution in [0.15, 0.2) is 35.7 Å². The van der Waals surface area contributed by atoms with Crippen molar-refractivity contribution < 1.29 is 4.39 Å². The summed E-state index contributed by atoms with van der Waals surface area (Å²) in [6.45, 7) is 2.39. The Morgan fingerprint density at radius 2 is 1.90 bits per heavy atom. The summed E-state index contributed by atoms with van der Waals surface area (Å²) in [4.78, 5) is 2.20. The number of benzene rings is 1. The third kappa shape index (κ3) is 3.71. The summed E-state index contributed by atoms with van der Waals surface area (Å²) in [5.74, 6) is 0.234. The molecule has 0 spiro atoms. The maximum atomic E-state index is 12.8. The van der Waals surface area contributed by atoms with Crippen LogP contribution >= 0.6 is 0 Å². The summed E-state index contributed by atoms with van der Waals surface area (Å²) in [6, 6.07) is 10.4.